The molecule has 3 aromatic rings. The van der Waals surface area contributed by atoms with Crippen molar-refractivity contribution in [3.63, 3.8) is 0 Å². The number of urea groups is 1. The predicted octanol–water partition coefficient (Wildman–Crippen LogP) is 6.89. The molecule has 1 saturated heterocycles. The number of nitrogens with zero attached hydrogens (tertiary/aromatic N) is 2. The fourth-order valence-corrected chi connectivity index (χ4v) is 5.11. The number of anilines is 1. The topological polar surface area (TPSA) is 63.3 Å². The Balaban J connectivity index is 1.57. The molecule has 41 heavy (non-hydrogen) atoms. The van der Waals surface area contributed by atoms with Crippen molar-refractivity contribution < 1.29 is 19.0 Å². The van der Waals surface area contributed by atoms with E-state index in [0.717, 1.165) is 60.8 Å². The molecule has 1 fully saturated rings. The van der Waals surface area contributed by atoms with Gasteiger partial charge in [0.2, 0.25) is 0 Å². The lowest BCUT2D eigenvalue weighted by atomic mass is 9.93. The van der Waals surface area contributed by atoms with Gasteiger partial charge in [-0.2, -0.15) is 0 Å². The Morgan fingerprint density at radius 1 is 0.902 bits per heavy atom. The van der Waals surface area contributed by atoms with Gasteiger partial charge in [-0.3, -0.25) is 4.90 Å². The zero-order valence-corrected chi connectivity index (χ0v) is 25.2. The summed E-state index contributed by atoms with van der Waals surface area (Å²) >= 11 is 0. The highest BCUT2D eigenvalue weighted by Gasteiger charge is 2.22. The number of amides is 2. The molecule has 0 unspecified atom stereocenters. The van der Waals surface area contributed by atoms with Gasteiger partial charge in [0.15, 0.2) is 11.5 Å². The number of methoxy groups -OCH3 is 1. The van der Waals surface area contributed by atoms with E-state index < -0.39 is 0 Å². The second-order valence-corrected chi connectivity index (χ2v) is 11.2. The number of morpholine rings is 1. The largest absolute Gasteiger partial charge is 0.493 e. The number of carbonyl (C=O) groups excluding carboxylic acids is 1. The highest BCUT2D eigenvalue weighted by Crippen LogP contribution is 2.33. The van der Waals surface area contributed by atoms with Gasteiger partial charge in [0.05, 0.1) is 20.3 Å². The van der Waals surface area contributed by atoms with Crippen LogP contribution in [0.5, 0.6) is 11.5 Å². The molecule has 0 bridgehead atoms. The number of nitrogens with one attached hydrogen (secondary N) is 1. The molecule has 220 valence electrons. The first-order valence-electron chi connectivity index (χ1n) is 14.7. The maximum atomic E-state index is 14.0. The second-order valence-electron chi connectivity index (χ2n) is 11.2. The van der Waals surface area contributed by atoms with Crippen LogP contribution in [-0.4, -0.2) is 62.3 Å². The quantitative estimate of drug-likeness (QED) is 0.262. The van der Waals surface area contributed by atoms with Crippen LogP contribution in [0.3, 0.4) is 0 Å². The normalized spacial score (nSPS) is 13.8. The second kappa shape index (κ2) is 14.9. The number of ether oxygens (including phenoxy) is 3. The summed E-state index contributed by atoms with van der Waals surface area (Å²) in [6, 6.07) is 22.2. The average Bonchev–Trinajstić information content (AvgIpc) is 2.99. The molecule has 7 heteroatoms. The van der Waals surface area contributed by atoms with Gasteiger partial charge in [0, 0.05) is 38.4 Å². The Labute approximate surface area is 245 Å². The first-order chi connectivity index (χ1) is 19.9. The molecule has 7 nitrogen and oxygen atoms in total. The van der Waals surface area contributed by atoms with E-state index in [0.29, 0.717) is 31.2 Å². The molecule has 0 radical (unpaired) electrons. The van der Waals surface area contributed by atoms with Crippen LogP contribution in [0.15, 0.2) is 66.7 Å². The zero-order chi connectivity index (χ0) is 29.2. The van der Waals surface area contributed by atoms with E-state index in [4.69, 9.17) is 14.2 Å². The summed E-state index contributed by atoms with van der Waals surface area (Å²) in [5.74, 6) is 1.91. The van der Waals surface area contributed by atoms with Crippen LogP contribution in [-0.2, 0) is 17.9 Å². The Morgan fingerprint density at radius 2 is 1.59 bits per heavy atom. The first-order valence-corrected chi connectivity index (χ1v) is 14.7. The van der Waals surface area contributed by atoms with Crippen molar-refractivity contribution in [2.75, 3.05) is 51.8 Å². The Kier molecular flexibility index (Phi) is 11.0. The van der Waals surface area contributed by atoms with Gasteiger partial charge < -0.3 is 24.4 Å². The number of hydrogen-bond donors (Lipinski definition) is 1. The van der Waals surface area contributed by atoms with Crippen molar-refractivity contribution >= 4 is 11.7 Å². The summed E-state index contributed by atoms with van der Waals surface area (Å²) in [6.45, 7) is 14.1. The maximum Gasteiger partial charge on any atom is 0.322 e. The number of para-hydroxylation sites is 1. The van der Waals surface area contributed by atoms with Crippen LogP contribution in [0.25, 0.3) is 0 Å². The van der Waals surface area contributed by atoms with Crippen LogP contribution >= 0.6 is 0 Å². The molecular formula is C34H45N3O4. The van der Waals surface area contributed by atoms with Gasteiger partial charge >= 0.3 is 6.03 Å². The van der Waals surface area contributed by atoms with E-state index >= 15 is 0 Å². The van der Waals surface area contributed by atoms with Crippen LogP contribution in [0.2, 0.25) is 0 Å². The van der Waals surface area contributed by atoms with Gasteiger partial charge in [0.25, 0.3) is 0 Å². The standard InChI is InChI=1S/C34H45N3O4/c1-25(2)29-12-9-13-30(26(3)4)33(29)35-34(38)37(17-16-36-18-20-40-21-19-36)23-28-14-15-31(39-5)32(22-28)41-24-27-10-7-6-8-11-27/h6-15,22,25-26H,16-21,23-24H2,1-5H3,(H,35,38). The minimum atomic E-state index is -0.101. The summed E-state index contributed by atoms with van der Waals surface area (Å²) < 4.78 is 17.3. The molecule has 1 N–H and O–H groups in total. The SMILES string of the molecule is COc1ccc(CN(CCN2CCOCC2)C(=O)Nc2c(C(C)C)cccc2C(C)C)cc1OCc1ccccc1. The molecule has 1 aliphatic heterocycles. The molecule has 3 aromatic carbocycles. The lowest BCUT2D eigenvalue weighted by Gasteiger charge is -2.31. The molecule has 0 aromatic heterocycles. The van der Waals surface area contributed by atoms with Crippen LogP contribution in [0, 0.1) is 0 Å². The number of carbonyl (C=O) groups is 1. The van der Waals surface area contributed by atoms with Gasteiger partial charge in [-0.15, -0.1) is 0 Å². The fourth-order valence-electron chi connectivity index (χ4n) is 5.11. The molecule has 0 spiro atoms. The third kappa shape index (κ3) is 8.47. The van der Waals surface area contributed by atoms with Crippen molar-refractivity contribution in [1.82, 2.24) is 9.80 Å². The average molecular weight is 560 g/mol. The summed E-state index contributed by atoms with van der Waals surface area (Å²) in [5.41, 5.74) is 5.29. The molecule has 0 saturated carbocycles. The highest BCUT2D eigenvalue weighted by molar-refractivity contribution is 5.91. The van der Waals surface area contributed by atoms with Crippen molar-refractivity contribution in [3.05, 3.63) is 89.0 Å². The predicted molar refractivity (Wildman–Crippen MR) is 165 cm³/mol. The Hall–Kier alpha value is -3.55. The Bertz CT molecular complexity index is 1230. The van der Waals surface area contributed by atoms with Crippen molar-refractivity contribution in [2.24, 2.45) is 0 Å². The van der Waals surface area contributed by atoms with Gasteiger partial charge in [-0.05, 0) is 46.2 Å². The third-order valence-corrected chi connectivity index (χ3v) is 7.52. The van der Waals surface area contributed by atoms with Crippen LogP contribution < -0.4 is 14.8 Å². The van der Waals surface area contributed by atoms with E-state index in [1.54, 1.807) is 7.11 Å². The van der Waals surface area contributed by atoms with Gasteiger partial charge in [-0.25, -0.2) is 4.79 Å². The van der Waals surface area contributed by atoms with Crippen molar-refractivity contribution in [3.8, 4) is 11.5 Å². The van der Waals surface area contributed by atoms with E-state index in [2.05, 4.69) is 56.1 Å². The minimum absolute atomic E-state index is 0.101. The lowest BCUT2D eigenvalue weighted by molar-refractivity contribution is 0.0349. The van der Waals surface area contributed by atoms with Crippen LogP contribution in [0.4, 0.5) is 10.5 Å². The molecule has 1 aliphatic rings. The number of benzene rings is 3. The monoisotopic (exact) mass is 559 g/mol. The Morgan fingerprint density at radius 3 is 2.22 bits per heavy atom. The van der Waals surface area contributed by atoms with E-state index in [1.165, 1.54) is 0 Å². The molecule has 4 rings (SSSR count). The summed E-state index contributed by atoms with van der Waals surface area (Å²) in [7, 11) is 1.64. The van der Waals surface area contributed by atoms with Gasteiger partial charge in [0.1, 0.15) is 6.61 Å². The summed E-state index contributed by atoms with van der Waals surface area (Å²) in [4.78, 5) is 18.2. The molecular weight excluding hydrogens is 514 g/mol. The van der Waals surface area contributed by atoms with E-state index in [1.807, 2.05) is 53.4 Å². The maximum absolute atomic E-state index is 14.0. The zero-order valence-electron chi connectivity index (χ0n) is 25.2. The smallest absolute Gasteiger partial charge is 0.322 e. The van der Waals surface area contributed by atoms with E-state index in [-0.39, 0.29) is 17.9 Å². The minimum Gasteiger partial charge on any atom is -0.493 e. The molecule has 0 aliphatic carbocycles. The highest BCUT2D eigenvalue weighted by atomic mass is 16.5. The lowest BCUT2D eigenvalue weighted by Crippen LogP contribution is -2.44. The van der Waals surface area contributed by atoms with Crippen LogP contribution in [0.1, 0.15) is 61.8 Å². The third-order valence-electron chi connectivity index (χ3n) is 7.52. The summed E-state index contributed by atoms with van der Waals surface area (Å²) in [5, 5.41) is 3.32. The molecule has 2 amide bonds. The first kappa shape index (κ1) is 30.4. The molecule has 1 heterocycles. The van der Waals surface area contributed by atoms with Crippen molar-refractivity contribution in [1.29, 1.82) is 0 Å². The fraction of sp³-hybridized carbons (Fsp3) is 0.441. The van der Waals surface area contributed by atoms with Crippen molar-refractivity contribution in [2.45, 2.75) is 52.7 Å². The van der Waals surface area contributed by atoms with E-state index in [9.17, 15) is 4.79 Å². The summed E-state index contributed by atoms with van der Waals surface area (Å²) in [6.07, 6.45) is 0. The number of hydrogen-bond acceptors (Lipinski definition) is 5. The number of rotatable bonds is 12. The molecule has 0 atom stereocenters. The van der Waals surface area contributed by atoms with Gasteiger partial charge in [-0.1, -0.05) is 82.3 Å².